The van der Waals surface area contributed by atoms with E-state index in [4.69, 9.17) is 5.11 Å². The minimum atomic E-state index is -0.421. The molecule has 6 nitrogen and oxygen atoms in total. The van der Waals surface area contributed by atoms with Crippen LogP contribution in [-0.4, -0.2) is 26.9 Å². The van der Waals surface area contributed by atoms with Crippen LogP contribution in [-0.2, 0) is 13.0 Å². The van der Waals surface area contributed by atoms with E-state index in [2.05, 4.69) is 10.3 Å². The molecule has 0 radical (unpaired) electrons. The highest BCUT2D eigenvalue weighted by Gasteiger charge is 2.13. The summed E-state index contributed by atoms with van der Waals surface area (Å²) in [6.45, 7) is 0.433. The Morgan fingerprint density at radius 2 is 2.00 bits per heavy atom. The Morgan fingerprint density at radius 3 is 2.74 bits per heavy atom. The van der Waals surface area contributed by atoms with Crippen molar-refractivity contribution in [2.45, 2.75) is 13.0 Å². The Hall–Kier alpha value is -2.51. The van der Waals surface area contributed by atoms with Crippen LogP contribution in [0.1, 0.15) is 21.5 Å². The Balaban J connectivity index is 1.64. The molecule has 2 aromatic heterocycles. The maximum absolute atomic E-state index is 12.2. The van der Waals surface area contributed by atoms with Crippen molar-refractivity contribution in [2.75, 3.05) is 6.54 Å². The second kappa shape index (κ2) is 6.72. The van der Waals surface area contributed by atoms with E-state index in [-0.39, 0.29) is 17.7 Å². The molecule has 1 aromatic carbocycles. The maximum atomic E-state index is 12.2. The highest BCUT2D eigenvalue weighted by Crippen LogP contribution is 2.06. The fourth-order valence-corrected chi connectivity index (χ4v) is 2.88. The van der Waals surface area contributed by atoms with Gasteiger partial charge in [0.05, 0.1) is 6.61 Å². The van der Waals surface area contributed by atoms with Crippen LogP contribution in [0, 0.1) is 0 Å². The SMILES string of the molecule is O=C(NCCc1ccc(CO)cc1)c1cnc2sccn2c1=O. The molecule has 0 spiro atoms. The van der Waals surface area contributed by atoms with Gasteiger partial charge in [-0.3, -0.25) is 14.0 Å². The van der Waals surface area contributed by atoms with Crippen LogP contribution < -0.4 is 10.9 Å². The number of amides is 1. The third-order valence-corrected chi connectivity index (χ3v) is 4.26. The normalized spacial score (nSPS) is 10.8. The summed E-state index contributed by atoms with van der Waals surface area (Å²) in [5.74, 6) is -0.421. The first-order valence-corrected chi connectivity index (χ1v) is 7.99. The average molecular weight is 329 g/mol. The molecule has 23 heavy (non-hydrogen) atoms. The van der Waals surface area contributed by atoms with E-state index in [9.17, 15) is 9.59 Å². The molecule has 0 unspecified atom stereocenters. The molecule has 0 saturated carbocycles. The summed E-state index contributed by atoms with van der Waals surface area (Å²) in [6, 6.07) is 7.51. The fourth-order valence-electron chi connectivity index (χ4n) is 2.21. The maximum Gasteiger partial charge on any atom is 0.271 e. The molecule has 3 aromatic rings. The van der Waals surface area contributed by atoms with Gasteiger partial charge in [-0.1, -0.05) is 24.3 Å². The molecule has 0 bridgehead atoms. The van der Waals surface area contributed by atoms with Crippen LogP contribution in [0.4, 0.5) is 0 Å². The van der Waals surface area contributed by atoms with Gasteiger partial charge in [0.15, 0.2) is 4.96 Å². The quantitative estimate of drug-likeness (QED) is 0.737. The van der Waals surface area contributed by atoms with Crippen molar-refractivity contribution in [2.24, 2.45) is 0 Å². The predicted octanol–water partition coefficient (Wildman–Crippen LogP) is 1.22. The van der Waals surface area contributed by atoms with Crippen LogP contribution in [0.15, 0.2) is 46.8 Å². The number of nitrogens with zero attached hydrogens (tertiary/aromatic N) is 2. The zero-order valence-corrected chi connectivity index (χ0v) is 13.0. The third-order valence-electron chi connectivity index (χ3n) is 3.49. The van der Waals surface area contributed by atoms with Gasteiger partial charge in [-0.15, -0.1) is 11.3 Å². The summed E-state index contributed by atoms with van der Waals surface area (Å²) in [4.78, 5) is 29.0. The predicted molar refractivity (Wildman–Crippen MR) is 87.7 cm³/mol. The molecule has 0 aliphatic heterocycles. The zero-order valence-electron chi connectivity index (χ0n) is 12.2. The number of carbonyl (C=O) groups excluding carboxylic acids is 1. The van der Waals surface area contributed by atoms with E-state index in [1.807, 2.05) is 24.3 Å². The molecule has 0 fully saturated rings. The lowest BCUT2D eigenvalue weighted by atomic mass is 10.1. The highest BCUT2D eigenvalue weighted by atomic mass is 32.1. The monoisotopic (exact) mass is 329 g/mol. The van der Waals surface area contributed by atoms with Crippen molar-refractivity contribution >= 4 is 22.2 Å². The third kappa shape index (κ3) is 3.30. The summed E-state index contributed by atoms with van der Waals surface area (Å²) in [6.07, 6.45) is 3.57. The molecule has 3 rings (SSSR count). The number of aliphatic hydroxyl groups excluding tert-OH is 1. The molecule has 0 atom stereocenters. The van der Waals surface area contributed by atoms with Crippen LogP contribution in [0.25, 0.3) is 4.96 Å². The van der Waals surface area contributed by atoms with Crippen LogP contribution >= 0.6 is 11.3 Å². The fraction of sp³-hybridized carbons (Fsp3) is 0.188. The first kappa shape index (κ1) is 15.4. The van der Waals surface area contributed by atoms with Gasteiger partial charge < -0.3 is 10.4 Å². The van der Waals surface area contributed by atoms with Gasteiger partial charge in [-0.2, -0.15) is 0 Å². The Morgan fingerprint density at radius 1 is 1.26 bits per heavy atom. The van der Waals surface area contributed by atoms with Gasteiger partial charge in [0.25, 0.3) is 11.5 Å². The second-order valence-electron chi connectivity index (χ2n) is 5.01. The molecule has 2 N–H and O–H groups in total. The zero-order chi connectivity index (χ0) is 16.2. The highest BCUT2D eigenvalue weighted by molar-refractivity contribution is 7.15. The molecule has 1 amide bonds. The summed E-state index contributed by atoms with van der Waals surface area (Å²) in [5.41, 5.74) is 1.57. The molecule has 0 saturated heterocycles. The minimum Gasteiger partial charge on any atom is -0.392 e. The van der Waals surface area contributed by atoms with Gasteiger partial charge >= 0.3 is 0 Å². The van der Waals surface area contributed by atoms with E-state index in [1.54, 1.807) is 11.6 Å². The summed E-state index contributed by atoms with van der Waals surface area (Å²) < 4.78 is 1.37. The van der Waals surface area contributed by atoms with Crippen LogP contribution in [0.5, 0.6) is 0 Å². The van der Waals surface area contributed by atoms with E-state index in [0.29, 0.717) is 17.9 Å². The second-order valence-corrected chi connectivity index (χ2v) is 5.89. The summed E-state index contributed by atoms with van der Waals surface area (Å²) >= 11 is 1.34. The number of thiazole rings is 1. The van der Waals surface area contributed by atoms with Gasteiger partial charge in [-0.05, 0) is 17.5 Å². The lowest BCUT2D eigenvalue weighted by Gasteiger charge is -2.06. The van der Waals surface area contributed by atoms with Crippen molar-refractivity contribution in [1.29, 1.82) is 0 Å². The first-order chi connectivity index (χ1) is 11.2. The van der Waals surface area contributed by atoms with Crippen LogP contribution in [0.2, 0.25) is 0 Å². The molecule has 0 aliphatic carbocycles. The average Bonchev–Trinajstić information content (AvgIpc) is 3.05. The number of hydrogen-bond acceptors (Lipinski definition) is 5. The van der Waals surface area contributed by atoms with E-state index < -0.39 is 5.91 Å². The van der Waals surface area contributed by atoms with Crippen molar-refractivity contribution in [1.82, 2.24) is 14.7 Å². The molecule has 7 heteroatoms. The first-order valence-electron chi connectivity index (χ1n) is 7.11. The Kier molecular flexibility index (Phi) is 4.50. The molecule has 118 valence electrons. The van der Waals surface area contributed by atoms with E-state index in [1.165, 1.54) is 21.9 Å². The Bertz CT molecular complexity index is 883. The number of aromatic nitrogens is 2. The Labute approximate surface area is 136 Å². The number of fused-ring (bicyclic) bond motifs is 1. The smallest absolute Gasteiger partial charge is 0.271 e. The van der Waals surface area contributed by atoms with Crippen LogP contribution in [0.3, 0.4) is 0 Å². The molecular weight excluding hydrogens is 314 g/mol. The number of benzene rings is 1. The molecular formula is C16H15N3O3S. The number of rotatable bonds is 5. The van der Waals surface area contributed by atoms with Crippen molar-refractivity contribution in [3.63, 3.8) is 0 Å². The number of hydrogen-bond donors (Lipinski definition) is 2. The lowest BCUT2D eigenvalue weighted by molar-refractivity contribution is 0.0952. The summed E-state index contributed by atoms with van der Waals surface area (Å²) in [5, 5.41) is 13.5. The minimum absolute atomic E-state index is 0.0129. The topological polar surface area (TPSA) is 83.7 Å². The van der Waals surface area contributed by atoms with Crippen molar-refractivity contribution in [3.8, 4) is 0 Å². The largest absolute Gasteiger partial charge is 0.392 e. The molecule has 0 aliphatic rings. The lowest BCUT2D eigenvalue weighted by Crippen LogP contribution is -2.32. The number of aliphatic hydroxyl groups is 1. The standard InChI is InChI=1S/C16H15N3O3S/c20-10-12-3-1-11(2-4-12)5-6-17-14(21)13-9-18-16-19(15(13)22)7-8-23-16/h1-4,7-9,20H,5-6,10H2,(H,17,21). The van der Waals surface area contributed by atoms with E-state index in [0.717, 1.165) is 11.1 Å². The number of nitrogens with one attached hydrogen (secondary N) is 1. The van der Waals surface area contributed by atoms with Crippen molar-refractivity contribution in [3.05, 3.63) is 69.1 Å². The summed E-state index contributed by atoms with van der Waals surface area (Å²) in [7, 11) is 0. The number of carbonyl (C=O) groups is 1. The van der Waals surface area contributed by atoms with E-state index >= 15 is 0 Å². The van der Waals surface area contributed by atoms with Crippen molar-refractivity contribution < 1.29 is 9.90 Å². The van der Waals surface area contributed by atoms with Gasteiger partial charge in [0, 0.05) is 24.3 Å². The van der Waals surface area contributed by atoms with Gasteiger partial charge in [0.1, 0.15) is 5.56 Å². The van der Waals surface area contributed by atoms with Gasteiger partial charge in [-0.25, -0.2) is 4.98 Å². The molecule has 2 heterocycles. The van der Waals surface area contributed by atoms with Gasteiger partial charge in [0.2, 0.25) is 0 Å².